The Labute approximate surface area is 89.4 Å². The topological polar surface area (TPSA) is 23.5 Å². The summed E-state index contributed by atoms with van der Waals surface area (Å²) >= 11 is 3.30. The lowest BCUT2D eigenvalue weighted by Gasteiger charge is -2.23. The van der Waals surface area contributed by atoms with Crippen molar-refractivity contribution in [3.05, 3.63) is 0 Å². The largest absolute Gasteiger partial charge is 0.391 e. The van der Waals surface area contributed by atoms with Crippen LogP contribution in [0.15, 0.2) is 0 Å². The molecular weight excluding hydrogens is 230 g/mol. The average molecular weight is 250 g/mol. The fourth-order valence-electron chi connectivity index (χ4n) is 1.59. The van der Waals surface area contributed by atoms with Crippen LogP contribution in [0.3, 0.4) is 0 Å². The van der Waals surface area contributed by atoms with E-state index in [0.717, 1.165) is 19.0 Å². The van der Waals surface area contributed by atoms with Crippen LogP contribution >= 0.6 is 15.9 Å². The number of hydrogen-bond donors (Lipinski definition) is 1. The van der Waals surface area contributed by atoms with Crippen molar-refractivity contribution in [1.82, 2.24) is 4.90 Å². The predicted octanol–water partition coefficient (Wildman–Crippen LogP) is 1.86. The van der Waals surface area contributed by atoms with Gasteiger partial charge in [-0.1, -0.05) is 22.9 Å². The Morgan fingerprint density at radius 1 is 1.54 bits per heavy atom. The van der Waals surface area contributed by atoms with Crippen molar-refractivity contribution in [3.8, 4) is 0 Å². The average Bonchev–Trinajstić information content (AvgIpc) is 2.88. The molecule has 0 aromatic heterocycles. The van der Waals surface area contributed by atoms with Gasteiger partial charge in [-0.3, -0.25) is 0 Å². The van der Waals surface area contributed by atoms with E-state index in [9.17, 15) is 5.11 Å². The Kier molecular flexibility index (Phi) is 5.29. The van der Waals surface area contributed by atoms with Crippen LogP contribution in [0.2, 0.25) is 0 Å². The maximum Gasteiger partial charge on any atom is 0.0763 e. The van der Waals surface area contributed by atoms with Crippen molar-refractivity contribution in [2.75, 3.05) is 25.0 Å². The summed E-state index contributed by atoms with van der Waals surface area (Å²) in [7, 11) is 0. The zero-order valence-corrected chi connectivity index (χ0v) is 9.96. The van der Waals surface area contributed by atoms with Crippen molar-refractivity contribution in [2.45, 2.75) is 32.3 Å². The number of halogens is 1. The monoisotopic (exact) mass is 249 g/mol. The summed E-state index contributed by atoms with van der Waals surface area (Å²) in [6.45, 7) is 5.34. The first-order valence-electron chi connectivity index (χ1n) is 5.22. The summed E-state index contributed by atoms with van der Waals surface area (Å²) in [6, 6.07) is 0. The molecule has 13 heavy (non-hydrogen) atoms. The standard InChI is InChI=1S/C10H20BrNO/c1-2-5-12(7-9-3-4-9)8-10(13)6-11/h9-10,13H,2-8H2,1H3. The van der Waals surface area contributed by atoms with E-state index in [2.05, 4.69) is 27.8 Å². The van der Waals surface area contributed by atoms with Crippen molar-refractivity contribution >= 4 is 15.9 Å². The van der Waals surface area contributed by atoms with Gasteiger partial charge in [0.15, 0.2) is 0 Å². The normalized spacial score (nSPS) is 19.4. The van der Waals surface area contributed by atoms with E-state index in [4.69, 9.17) is 0 Å². The molecule has 1 fully saturated rings. The number of hydrogen-bond acceptors (Lipinski definition) is 2. The van der Waals surface area contributed by atoms with E-state index in [-0.39, 0.29) is 6.10 Å². The molecule has 1 saturated carbocycles. The van der Waals surface area contributed by atoms with Gasteiger partial charge in [0.1, 0.15) is 0 Å². The molecule has 0 aliphatic heterocycles. The Hall–Kier alpha value is 0.400. The number of nitrogens with zero attached hydrogens (tertiary/aromatic N) is 1. The van der Waals surface area contributed by atoms with E-state index < -0.39 is 0 Å². The second-order valence-corrected chi connectivity index (χ2v) is 4.66. The Bertz CT molecular complexity index is 139. The molecule has 1 unspecified atom stereocenters. The van der Waals surface area contributed by atoms with Crippen molar-refractivity contribution in [3.63, 3.8) is 0 Å². The molecule has 3 heteroatoms. The fraction of sp³-hybridized carbons (Fsp3) is 1.00. The molecule has 2 nitrogen and oxygen atoms in total. The van der Waals surface area contributed by atoms with Crippen molar-refractivity contribution in [2.24, 2.45) is 5.92 Å². The molecule has 1 atom stereocenters. The van der Waals surface area contributed by atoms with Crippen molar-refractivity contribution in [1.29, 1.82) is 0 Å². The van der Waals surface area contributed by atoms with Gasteiger partial charge in [0.25, 0.3) is 0 Å². The summed E-state index contributed by atoms with van der Waals surface area (Å²) in [6.07, 6.45) is 3.77. The van der Waals surface area contributed by atoms with Gasteiger partial charge in [-0.15, -0.1) is 0 Å². The third kappa shape index (κ3) is 4.99. The van der Waals surface area contributed by atoms with Crippen LogP contribution in [-0.4, -0.2) is 41.1 Å². The summed E-state index contributed by atoms with van der Waals surface area (Å²) in [5.74, 6) is 0.925. The summed E-state index contributed by atoms with van der Waals surface area (Å²) in [5, 5.41) is 10.2. The lowest BCUT2D eigenvalue weighted by atomic mass is 10.3. The first kappa shape index (κ1) is 11.5. The maximum atomic E-state index is 9.50. The molecular formula is C10H20BrNO. The van der Waals surface area contributed by atoms with Crippen LogP contribution in [0.25, 0.3) is 0 Å². The smallest absolute Gasteiger partial charge is 0.0763 e. The number of aliphatic hydroxyl groups is 1. The molecule has 0 radical (unpaired) electrons. The third-order valence-electron chi connectivity index (χ3n) is 2.40. The van der Waals surface area contributed by atoms with Crippen LogP contribution < -0.4 is 0 Å². The maximum absolute atomic E-state index is 9.50. The van der Waals surface area contributed by atoms with Gasteiger partial charge < -0.3 is 10.0 Å². The second-order valence-electron chi connectivity index (χ2n) is 4.01. The molecule has 0 bridgehead atoms. The first-order chi connectivity index (χ1) is 6.26. The van der Waals surface area contributed by atoms with E-state index >= 15 is 0 Å². The van der Waals surface area contributed by atoms with Crippen LogP contribution in [0.4, 0.5) is 0 Å². The van der Waals surface area contributed by atoms with Gasteiger partial charge in [0.05, 0.1) is 6.10 Å². The van der Waals surface area contributed by atoms with E-state index in [1.165, 1.54) is 25.8 Å². The minimum absolute atomic E-state index is 0.203. The lowest BCUT2D eigenvalue weighted by molar-refractivity contribution is 0.127. The highest BCUT2D eigenvalue weighted by Crippen LogP contribution is 2.29. The summed E-state index contributed by atoms with van der Waals surface area (Å²) < 4.78 is 0. The highest BCUT2D eigenvalue weighted by molar-refractivity contribution is 9.09. The quantitative estimate of drug-likeness (QED) is 0.697. The van der Waals surface area contributed by atoms with E-state index in [1.54, 1.807) is 0 Å². The van der Waals surface area contributed by atoms with Gasteiger partial charge in [-0.25, -0.2) is 0 Å². The van der Waals surface area contributed by atoms with Crippen LogP contribution in [0, 0.1) is 5.92 Å². The van der Waals surface area contributed by atoms with Gasteiger partial charge >= 0.3 is 0 Å². The van der Waals surface area contributed by atoms with Crippen LogP contribution in [-0.2, 0) is 0 Å². The minimum Gasteiger partial charge on any atom is -0.391 e. The molecule has 1 N–H and O–H groups in total. The predicted molar refractivity (Wildman–Crippen MR) is 59.3 cm³/mol. The molecule has 0 amide bonds. The second kappa shape index (κ2) is 5.99. The molecule has 0 aromatic rings. The van der Waals surface area contributed by atoms with Gasteiger partial charge in [-0.2, -0.15) is 0 Å². The summed E-state index contributed by atoms with van der Waals surface area (Å²) in [5.41, 5.74) is 0. The fourth-order valence-corrected chi connectivity index (χ4v) is 1.79. The Morgan fingerprint density at radius 3 is 2.69 bits per heavy atom. The van der Waals surface area contributed by atoms with Gasteiger partial charge in [0.2, 0.25) is 0 Å². The Morgan fingerprint density at radius 2 is 2.23 bits per heavy atom. The summed E-state index contributed by atoms with van der Waals surface area (Å²) in [4.78, 5) is 2.39. The highest BCUT2D eigenvalue weighted by Gasteiger charge is 2.24. The van der Waals surface area contributed by atoms with Crippen LogP contribution in [0.1, 0.15) is 26.2 Å². The molecule has 1 rings (SSSR count). The van der Waals surface area contributed by atoms with Gasteiger partial charge in [-0.05, 0) is 31.7 Å². The SMILES string of the molecule is CCCN(CC(O)CBr)CC1CC1. The number of alkyl halides is 1. The molecule has 1 aliphatic carbocycles. The van der Waals surface area contributed by atoms with E-state index in [0.29, 0.717) is 5.33 Å². The lowest BCUT2D eigenvalue weighted by Crippen LogP contribution is -2.35. The van der Waals surface area contributed by atoms with E-state index in [1.807, 2.05) is 0 Å². The van der Waals surface area contributed by atoms with Crippen molar-refractivity contribution < 1.29 is 5.11 Å². The zero-order chi connectivity index (χ0) is 9.68. The Balaban J connectivity index is 2.18. The van der Waals surface area contributed by atoms with Gasteiger partial charge in [0, 0.05) is 18.4 Å². The zero-order valence-electron chi connectivity index (χ0n) is 8.38. The number of rotatable bonds is 7. The molecule has 78 valence electrons. The van der Waals surface area contributed by atoms with Crippen LogP contribution in [0.5, 0.6) is 0 Å². The minimum atomic E-state index is -0.203. The molecule has 0 aromatic carbocycles. The first-order valence-corrected chi connectivity index (χ1v) is 6.34. The molecule has 0 saturated heterocycles. The number of aliphatic hydroxyl groups excluding tert-OH is 1. The molecule has 0 heterocycles. The molecule has 0 spiro atoms. The third-order valence-corrected chi connectivity index (χ3v) is 3.15. The highest BCUT2D eigenvalue weighted by atomic mass is 79.9. The molecule has 1 aliphatic rings.